The lowest BCUT2D eigenvalue weighted by Gasteiger charge is -2.38. The van der Waals surface area contributed by atoms with Crippen molar-refractivity contribution in [2.75, 3.05) is 19.6 Å². The fraction of sp³-hybridized carbons (Fsp3) is 0.833. The van der Waals surface area contributed by atoms with Crippen LogP contribution < -0.4 is 16.2 Å². The Kier molecular flexibility index (Phi) is 3.43. The van der Waals surface area contributed by atoms with Crippen molar-refractivity contribution in [1.29, 1.82) is 0 Å². The van der Waals surface area contributed by atoms with Crippen LogP contribution in [0.5, 0.6) is 0 Å². The van der Waals surface area contributed by atoms with E-state index in [1.807, 2.05) is 0 Å². The molecule has 1 saturated heterocycles. The smallest absolute Gasteiger partial charge is 0.277 e. The predicted molar refractivity (Wildman–Crippen MR) is 50.3 cm³/mol. The summed E-state index contributed by atoms with van der Waals surface area (Å²) in [5.74, 6) is -0.300. The normalized spacial score (nSPS) is 22.9. The molecule has 0 bridgehead atoms. The molecule has 0 aliphatic carbocycles. The van der Waals surface area contributed by atoms with Gasteiger partial charge < -0.3 is 11.1 Å². The molecule has 7 nitrogen and oxygen atoms in total. The predicted octanol–water partition coefficient (Wildman–Crippen LogP) is -2.66. The van der Waals surface area contributed by atoms with Crippen LogP contribution in [0.4, 0.5) is 0 Å². The summed E-state index contributed by atoms with van der Waals surface area (Å²) in [5, 5.41) is 7.44. The largest absolute Gasteiger partial charge is 0.353 e. The van der Waals surface area contributed by atoms with Crippen molar-refractivity contribution in [3.05, 3.63) is 0 Å². The summed E-state index contributed by atoms with van der Waals surface area (Å²) < 4.78 is 23.0. The molecular weight excluding hydrogens is 208 g/mol. The Morgan fingerprint density at radius 2 is 2.21 bits per heavy atom. The molecule has 0 aromatic carbocycles. The molecule has 0 radical (unpaired) electrons. The van der Waals surface area contributed by atoms with Gasteiger partial charge in [0.05, 0.1) is 6.54 Å². The van der Waals surface area contributed by atoms with Gasteiger partial charge in [-0.15, -0.1) is 0 Å². The average molecular weight is 222 g/mol. The maximum absolute atomic E-state index is 10.9. The van der Waals surface area contributed by atoms with Crippen molar-refractivity contribution in [2.24, 2.45) is 10.9 Å². The van der Waals surface area contributed by atoms with E-state index in [1.54, 1.807) is 0 Å². The summed E-state index contributed by atoms with van der Waals surface area (Å²) in [6.45, 7) is 0.594. The van der Waals surface area contributed by atoms with Gasteiger partial charge in [0.1, 0.15) is 0 Å². The van der Waals surface area contributed by atoms with E-state index in [-0.39, 0.29) is 25.0 Å². The van der Waals surface area contributed by atoms with Crippen LogP contribution in [0.25, 0.3) is 0 Å². The number of carbonyl (C=O) groups is 1. The first-order chi connectivity index (χ1) is 6.45. The molecule has 8 heteroatoms. The molecule has 0 spiro atoms. The fourth-order valence-corrected chi connectivity index (χ4v) is 2.22. The van der Waals surface area contributed by atoms with E-state index >= 15 is 0 Å². The maximum atomic E-state index is 10.9. The highest BCUT2D eigenvalue weighted by atomic mass is 32.2. The van der Waals surface area contributed by atoms with Gasteiger partial charge in [-0.1, -0.05) is 0 Å². The molecule has 82 valence electrons. The minimum Gasteiger partial charge on any atom is -0.353 e. The Labute approximate surface area is 82.6 Å². The SMILES string of the molecule is NCC(=O)NCC1CCN1S(N)(=O)=O. The summed E-state index contributed by atoms with van der Waals surface area (Å²) in [5.41, 5.74) is 5.07. The molecule has 0 aromatic heterocycles. The minimum absolute atomic E-state index is 0.0951. The van der Waals surface area contributed by atoms with Crippen molar-refractivity contribution in [1.82, 2.24) is 9.62 Å². The van der Waals surface area contributed by atoms with E-state index < -0.39 is 10.2 Å². The zero-order chi connectivity index (χ0) is 10.8. The summed E-state index contributed by atoms with van der Waals surface area (Å²) >= 11 is 0. The molecule has 14 heavy (non-hydrogen) atoms. The van der Waals surface area contributed by atoms with Gasteiger partial charge in [-0.2, -0.15) is 12.7 Å². The number of hydrogen-bond donors (Lipinski definition) is 3. The van der Waals surface area contributed by atoms with Gasteiger partial charge in [-0.3, -0.25) is 4.79 Å². The van der Waals surface area contributed by atoms with E-state index in [1.165, 1.54) is 0 Å². The lowest BCUT2D eigenvalue weighted by atomic mass is 10.1. The molecule has 1 aliphatic rings. The highest BCUT2D eigenvalue weighted by molar-refractivity contribution is 7.86. The van der Waals surface area contributed by atoms with Crippen LogP contribution in [0.3, 0.4) is 0 Å². The number of nitrogens with two attached hydrogens (primary N) is 2. The minimum atomic E-state index is -3.62. The lowest BCUT2D eigenvalue weighted by Crippen LogP contribution is -2.58. The topological polar surface area (TPSA) is 119 Å². The Bertz CT molecular complexity index is 315. The standard InChI is InChI=1S/C6H14N4O3S/c7-3-6(11)9-4-5-1-2-10(5)14(8,12)13/h5H,1-4,7H2,(H,9,11)(H2,8,12,13). The first-order valence-corrected chi connectivity index (χ1v) is 5.72. The van der Waals surface area contributed by atoms with Crippen LogP contribution in [-0.4, -0.2) is 44.3 Å². The van der Waals surface area contributed by atoms with E-state index in [9.17, 15) is 13.2 Å². The van der Waals surface area contributed by atoms with Crippen LogP contribution in [0, 0.1) is 0 Å². The number of carbonyl (C=O) groups excluding carboxylic acids is 1. The van der Waals surface area contributed by atoms with Gasteiger partial charge in [-0.25, -0.2) is 5.14 Å². The molecule has 1 heterocycles. The van der Waals surface area contributed by atoms with Gasteiger partial charge in [-0.05, 0) is 6.42 Å². The van der Waals surface area contributed by atoms with Crippen molar-refractivity contribution in [2.45, 2.75) is 12.5 Å². The van der Waals surface area contributed by atoms with E-state index in [0.717, 1.165) is 4.31 Å². The van der Waals surface area contributed by atoms with Crippen molar-refractivity contribution >= 4 is 16.1 Å². The highest BCUT2D eigenvalue weighted by Crippen LogP contribution is 2.18. The molecule has 1 amide bonds. The van der Waals surface area contributed by atoms with Gasteiger partial charge in [0.2, 0.25) is 5.91 Å². The molecule has 1 atom stereocenters. The molecule has 5 N–H and O–H groups in total. The zero-order valence-electron chi connectivity index (χ0n) is 7.64. The fourth-order valence-electron chi connectivity index (χ4n) is 1.26. The zero-order valence-corrected chi connectivity index (χ0v) is 8.46. The summed E-state index contributed by atoms with van der Waals surface area (Å²) in [6, 6.07) is -0.222. The third kappa shape index (κ3) is 2.64. The molecule has 1 fully saturated rings. The van der Waals surface area contributed by atoms with Gasteiger partial charge in [0, 0.05) is 19.1 Å². The summed E-state index contributed by atoms with van der Waals surface area (Å²) in [7, 11) is -3.62. The van der Waals surface area contributed by atoms with E-state index in [4.69, 9.17) is 10.9 Å². The summed E-state index contributed by atoms with van der Waals surface area (Å²) in [6.07, 6.45) is 0.710. The van der Waals surface area contributed by atoms with E-state index in [2.05, 4.69) is 5.32 Å². The lowest BCUT2D eigenvalue weighted by molar-refractivity contribution is -0.120. The maximum Gasteiger partial charge on any atom is 0.277 e. The Morgan fingerprint density at radius 1 is 1.57 bits per heavy atom. The molecular formula is C6H14N4O3S. The third-order valence-electron chi connectivity index (χ3n) is 2.14. The first-order valence-electron chi connectivity index (χ1n) is 4.21. The number of hydrogen-bond acceptors (Lipinski definition) is 4. The number of rotatable bonds is 4. The third-order valence-corrected chi connectivity index (χ3v) is 3.27. The number of nitrogens with one attached hydrogen (secondary N) is 1. The van der Waals surface area contributed by atoms with Crippen LogP contribution in [-0.2, 0) is 15.0 Å². The van der Waals surface area contributed by atoms with Crippen LogP contribution in [0.15, 0.2) is 0 Å². The van der Waals surface area contributed by atoms with Crippen LogP contribution in [0.1, 0.15) is 6.42 Å². The van der Waals surface area contributed by atoms with Crippen molar-refractivity contribution in [3.8, 4) is 0 Å². The van der Waals surface area contributed by atoms with Gasteiger partial charge in [0.25, 0.3) is 10.2 Å². The Hall–Kier alpha value is -0.700. The summed E-state index contributed by atoms with van der Waals surface area (Å²) in [4.78, 5) is 10.8. The first kappa shape index (κ1) is 11.4. The molecule has 1 unspecified atom stereocenters. The van der Waals surface area contributed by atoms with Gasteiger partial charge >= 0.3 is 0 Å². The van der Waals surface area contributed by atoms with Gasteiger partial charge in [0.15, 0.2) is 0 Å². The second-order valence-corrected chi connectivity index (χ2v) is 4.61. The van der Waals surface area contributed by atoms with Crippen molar-refractivity contribution < 1.29 is 13.2 Å². The van der Waals surface area contributed by atoms with Crippen LogP contribution in [0.2, 0.25) is 0 Å². The monoisotopic (exact) mass is 222 g/mol. The second kappa shape index (κ2) is 4.22. The Balaban J connectivity index is 2.38. The average Bonchev–Trinajstić information content (AvgIpc) is 1.99. The quantitative estimate of drug-likeness (QED) is 0.481. The molecule has 0 saturated carbocycles. The van der Waals surface area contributed by atoms with Crippen molar-refractivity contribution in [3.63, 3.8) is 0 Å². The molecule has 0 aromatic rings. The number of nitrogens with zero attached hydrogens (tertiary/aromatic N) is 1. The number of amides is 1. The van der Waals surface area contributed by atoms with Crippen LogP contribution >= 0.6 is 0 Å². The Morgan fingerprint density at radius 3 is 2.57 bits per heavy atom. The van der Waals surface area contributed by atoms with E-state index in [0.29, 0.717) is 13.0 Å². The second-order valence-electron chi connectivity index (χ2n) is 3.11. The highest BCUT2D eigenvalue weighted by Gasteiger charge is 2.35. The molecule has 1 aliphatic heterocycles. The molecule has 1 rings (SSSR count).